The number of piperidine rings is 1. The quantitative estimate of drug-likeness (QED) is 0.765. The molecule has 1 N–H and O–H groups in total. The first kappa shape index (κ1) is 18.1. The van der Waals surface area contributed by atoms with Gasteiger partial charge in [0.25, 0.3) is 0 Å². The van der Waals surface area contributed by atoms with Crippen molar-refractivity contribution in [3.8, 4) is 0 Å². The molecule has 0 spiro atoms. The molecule has 2 saturated heterocycles. The molecular formula is C16H26N6O2S. The minimum atomic E-state index is -0.0199. The Morgan fingerprint density at radius 2 is 2.00 bits per heavy atom. The summed E-state index contributed by atoms with van der Waals surface area (Å²) >= 11 is 1.35. The van der Waals surface area contributed by atoms with Crippen molar-refractivity contribution < 1.29 is 9.59 Å². The van der Waals surface area contributed by atoms with E-state index >= 15 is 0 Å². The van der Waals surface area contributed by atoms with Gasteiger partial charge >= 0.3 is 0 Å². The maximum absolute atomic E-state index is 12.1. The lowest BCUT2D eigenvalue weighted by Crippen LogP contribution is -2.41. The summed E-state index contributed by atoms with van der Waals surface area (Å²) in [6.07, 6.45) is 5.28. The molecule has 138 valence electrons. The Balaban J connectivity index is 1.42. The molecule has 3 heterocycles. The van der Waals surface area contributed by atoms with Crippen LogP contribution in [0, 0.1) is 0 Å². The number of carbonyl (C=O) groups is 2. The molecule has 2 aliphatic rings. The van der Waals surface area contributed by atoms with Crippen LogP contribution < -0.4 is 15.1 Å². The van der Waals surface area contributed by atoms with E-state index in [1.54, 1.807) is 9.80 Å². The van der Waals surface area contributed by atoms with Gasteiger partial charge in [-0.2, -0.15) is 0 Å². The Bertz CT molecular complexity index is 601. The summed E-state index contributed by atoms with van der Waals surface area (Å²) in [7, 11) is 1.82. The van der Waals surface area contributed by atoms with Gasteiger partial charge in [0.1, 0.15) is 0 Å². The molecule has 1 aromatic heterocycles. The predicted octanol–water partition coefficient (Wildman–Crippen LogP) is 0.703. The first-order chi connectivity index (χ1) is 12.1. The molecule has 8 nitrogen and oxygen atoms in total. The number of likely N-dealkylation sites (tertiary alicyclic amines) is 1. The minimum absolute atomic E-state index is 0.0199. The zero-order valence-electron chi connectivity index (χ0n) is 14.7. The molecule has 2 amide bonds. The summed E-state index contributed by atoms with van der Waals surface area (Å²) < 4.78 is 0. The van der Waals surface area contributed by atoms with Gasteiger partial charge in [-0.05, 0) is 32.4 Å². The van der Waals surface area contributed by atoms with Crippen LogP contribution in [0.25, 0.3) is 0 Å². The Labute approximate surface area is 152 Å². The zero-order chi connectivity index (χ0) is 17.6. The third-order valence-corrected chi connectivity index (χ3v) is 5.67. The van der Waals surface area contributed by atoms with Crippen LogP contribution in [0.1, 0.15) is 32.1 Å². The molecule has 3 rings (SSSR count). The highest BCUT2D eigenvalue weighted by Crippen LogP contribution is 2.29. The highest BCUT2D eigenvalue weighted by atomic mass is 32.1. The fourth-order valence-corrected chi connectivity index (χ4v) is 4.05. The highest BCUT2D eigenvalue weighted by molar-refractivity contribution is 7.19. The fraction of sp³-hybridized carbons (Fsp3) is 0.750. The third kappa shape index (κ3) is 4.88. The number of anilines is 2. The molecule has 25 heavy (non-hydrogen) atoms. The first-order valence-corrected chi connectivity index (χ1v) is 9.79. The second-order valence-corrected chi connectivity index (χ2v) is 7.56. The van der Waals surface area contributed by atoms with Gasteiger partial charge in [-0.1, -0.05) is 17.8 Å². The van der Waals surface area contributed by atoms with E-state index in [4.69, 9.17) is 0 Å². The third-order valence-electron chi connectivity index (χ3n) is 4.61. The van der Waals surface area contributed by atoms with Crippen LogP contribution in [0.5, 0.6) is 0 Å². The summed E-state index contributed by atoms with van der Waals surface area (Å²) in [5.41, 5.74) is 0. The molecule has 0 bridgehead atoms. The highest BCUT2D eigenvalue weighted by Gasteiger charge is 2.25. The Kier molecular flexibility index (Phi) is 6.19. The lowest BCUT2D eigenvalue weighted by atomic mass is 10.1. The predicted molar refractivity (Wildman–Crippen MR) is 98.1 cm³/mol. The summed E-state index contributed by atoms with van der Waals surface area (Å²) in [5.74, 6) is 0.0781. The number of likely N-dealkylation sites (N-methyl/N-ethyl adjacent to an activating group) is 1. The molecule has 0 saturated carbocycles. The normalized spacial score (nSPS) is 18.6. The Morgan fingerprint density at radius 1 is 1.20 bits per heavy atom. The molecule has 2 fully saturated rings. The maximum Gasteiger partial charge on any atom is 0.239 e. The van der Waals surface area contributed by atoms with Crippen molar-refractivity contribution in [2.45, 2.75) is 32.1 Å². The van der Waals surface area contributed by atoms with Crippen LogP contribution >= 0.6 is 11.3 Å². The van der Waals surface area contributed by atoms with E-state index in [1.807, 2.05) is 7.05 Å². The Hall–Kier alpha value is -1.74. The van der Waals surface area contributed by atoms with Crippen LogP contribution in [-0.4, -0.2) is 73.2 Å². The SMILES string of the molecule is CN(CC(=O)NCCN1CCCCC1)c1nnc(N2CCCC2=O)s1. The molecular weight excluding hydrogens is 340 g/mol. The molecule has 2 aliphatic heterocycles. The molecule has 0 radical (unpaired) electrons. The van der Waals surface area contributed by atoms with E-state index in [-0.39, 0.29) is 18.4 Å². The smallest absolute Gasteiger partial charge is 0.239 e. The van der Waals surface area contributed by atoms with E-state index in [0.29, 0.717) is 29.8 Å². The van der Waals surface area contributed by atoms with Gasteiger partial charge < -0.3 is 15.1 Å². The van der Waals surface area contributed by atoms with E-state index in [1.165, 1.54) is 30.6 Å². The number of nitrogens with one attached hydrogen (secondary N) is 1. The topological polar surface area (TPSA) is 81.7 Å². The number of nitrogens with zero attached hydrogens (tertiary/aromatic N) is 5. The van der Waals surface area contributed by atoms with Gasteiger partial charge in [-0.3, -0.25) is 14.5 Å². The van der Waals surface area contributed by atoms with Crippen molar-refractivity contribution in [1.29, 1.82) is 0 Å². The zero-order valence-corrected chi connectivity index (χ0v) is 15.6. The molecule has 1 aromatic rings. The van der Waals surface area contributed by atoms with E-state index in [2.05, 4.69) is 20.4 Å². The number of amides is 2. The molecule has 9 heteroatoms. The van der Waals surface area contributed by atoms with Crippen molar-refractivity contribution in [3.05, 3.63) is 0 Å². The first-order valence-electron chi connectivity index (χ1n) is 8.97. The van der Waals surface area contributed by atoms with Gasteiger partial charge in [0.05, 0.1) is 6.54 Å². The lowest BCUT2D eigenvalue weighted by Gasteiger charge is -2.26. The van der Waals surface area contributed by atoms with E-state index < -0.39 is 0 Å². The maximum atomic E-state index is 12.1. The number of aromatic nitrogens is 2. The van der Waals surface area contributed by atoms with Crippen LogP contribution in [-0.2, 0) is 9.59 Å². The number of carbonyl (C=O) groups excluding carboxylic acids is 2. The van der Waals surface area contributed by atoms with Gasteiger partial charge in [-0.25, -0.2) is 0 Å². The number of rotatable bonds is 7. The van der Waals surface area contributed by atoms with Crippen molar-refractivity contribution in [2.75, 3.05) is 56.1 Å². The fourth-order valence-electron chi connectivity index (χ4n) is 3.20. The average Bonchev–Trinajstić information content (AvgIpc) is 3.24. The minimum Gasteiger partial charge on any atom is -0.353 e. The lowest BCUT2D eigenvalue weighted by molar-refractivity contribution is -0.120. The summed E-state index contributed by atoms with van der Waals surface area (Å²) in [5, 5.41) is 12.5. The molecule has 0 unspecified atom stereocenters. The van der Waals surface area contributed by atoms with Gasteiger partial charge in [-0.15, -0.1) is 10.2 Å². The molecule has 0 aliphatic carbocycles. The monoisotopic (exact) mass is 366 g/mol. The average molecular weight is 366 g/mol. The van der Waals surface area contributed by atoms with Gasteiger partial charge in [0.15, 0.2) is 0 Å². The summed E-state index contributed by atoms with van der Waals surface area (Å²) in [6, 6.07) is 0. The number of hydrogen-bond donors (Lipinski definition) is 1. The Morgan fingerprint density at radius 3 is 2.72 bits per heavy atom. The van der Waals surface area contributed by atoms with E-state index in [0.717, 1.165) is 26.1 Å². The van der Waals surface area contributed by atoms with Crippen LogP contribution in [0.2, 0.25) is 0 Å². The van der Waals surface area contributed by atoms with Crippen LogP contribution in [0.3, 0.4) is 0 Å². The number of hydrogen-bond acceptors (Lipinski definition) is 7. The van der Waals surface area contributed by atoms with Crippen molar-refractivity contribution in [2.24, 2.45) is 0 Å². The van der Waals surface area contributed by atoms with Crippen molar-refractivity contribution in [1.82, 2.24) is 20.4 Å². The largest absolute Gasteiger partial charge is 0.353 e. The van der Waals surface area contributed by atoms with Crippen LogP contribution in [0.4, 0.5) is 10.3 Å². The van der Waals surface area contributed by atoms with Crippen molar-refractivity contribution in [3.63, 3.8) is 0 Å². The van der Waals surface area contributed by atoms with Crippen LogP contribution in [0.15, 0.2) is 0 Å². The standard InChI is InChI=1S/C16H26N6O2S/c1-20(12-13(23)17-7-11-21-8-3-2-4-9-21)15-18-19-16(25-15)22-10-5-6-14(22)24/h2-12H2,1H3,(H,17,23). The summed E-state index contributed by atoms with van der Waals surface area (Å²) in [4.78, 5) is 29.7. The molecule has 0 aromatic carbocycles. The summed E-state index contributed by atoms with van der Waals surface area (Å²) in [6.45, 7) is 4.81. The second-order valence-electron chi connectivity index (χ2n) is 6.62. The van der Waals surface area contributed by atoms with Crippen molar-refractivity contribution >= 4 is 33.4 Å². The van der Waals surface area contributed by atoms with E-state index in [9.17, 15) is 9.59 Å². The van der Waals surface area contributed by atoms with Gasteiger partial charge in [0.2, 0.25) is 22.1 Å². The second kappa shape index (κ2) is 8.57. The molecule has 0 atom stereocenters. The van der Waals surface area contributed by atoms with Gasteiger partial charge in [0, 0.05) is 33.1 Å².